The lowest BCUT2D eigenvalue weighted by Crippen LogP contribution is -2.25. The van der Waals surface area contributed by atoms with E-state index in [1.54, 1.807) is 17.1 Å². The van der Waals surface area contributed by atoms with Crippen molar-refractivity contribution in [3.05, 3.63) is 70.1 Å². The highest BCUT2D eigenvalue weighted by Gasteiger charge is 2.33. The van der Waals surface area contributed by atoms with Crippen LogP contribution in [0.5, 0.6) is 0 Å². The Labute approximate surface area is 150 Å². The minimum Gasteiger partial charge on any atom is -0.310 e. The third-order valence-electron chi connectivity index (χ3n) is 4.56. The van der Waals surface area contributed by atoms with Gasteiger partial charge < -0.3 is 5.32 Å². The number of halogens is 1. The first kappa shape index (κ1) is 15.8. The summed E-state index contributed by atoms with van der Waals surface area (Å²) in [4.78, 5) is 16.4. The van der Waals surface area contributed by atoms with Gasteiger partial charge in [0.2, 0.25) is 5.91 Å². The van der Waals surface area contributed by atoms with E-state index < -0.39 is 0 Å². The van der Waals surface area contributed by atoms with E-state index in [1.807, 2.05) is 44.2 Å². The standard InChI is InChI=1S/C19H17ClN4O/c1-11-3-5-13(6-4-11)24-19-18(12(2)23-24)15(9-17(25)22-19)14-7-8-21-10-16(14)20/h3-8,10,15H,9H2,1-2H3,(H,22,25)/t15-/m1/s1. The van der Waals surface area contributed by atoms with Crippen LogP contribution in [0, 0.1) is 13.8 Å². The number of hydrogen-bond donors (Lipinski definition) is 1. The van der Waals surface area contributed by atoms with Crippen molar-refractivity contribution in [2.75, 3.05) is 5.32 Å². The molecule has 4 rings (SSSR count). The molecule has 1 amide bonds. The summed E-state index contributed by atoms with van der Waals surface area (Å²) in [7, 11) is 0. The van der Waals surface area contributed by atoms with Gasteiger partial charge in [0.1, 0.15) is 5.82 Å². The number of aryl methyl sites for hydroxylation is 2. The Hall–Kier alpha value is -2.66. The Bertz CT molecular complexity index is 962. The number of aromatic nitrogens is 3. The number of fused-ring (bicyclic) bond motifs is 1. The molecular formula is C19H17ClN4O. The first-order valence-electron chi connectivity index (χ1n) is 8.10. The number of pyridine rings is 1. The highest BCUT2D eigenvalue weighted by atomic mass is 35.5. The number of hydrogen-bond acceptors (Lipinski definition) is 3. The zero-order chi connectivity index (χ0) is 17.6. The van der Waals surface area contributed by atoms with E-state index in [0.717, 1.165) is 28.3 Å². The summed E-state index contributed by atoms with van der Waals surface area (Å²) < 4.78 is 1.79. The Balaban J connectivity index is 1.89. The van der Waals surface area contributed by atoms with Gasteiger partial charge in [-0.15, -0.1) is 0 Å². The molecule has 0 aliphatic carbocycles. The highest BCUT2D eigenvalue weighted by molar-refractivity contribution is 6.31. The molecule has 25 heavy (non-hydrogen) atoms. The van der Waals surface area contributed by atoms with Gasteiger partial charge >= 0.3 is 0 Å². The van der Waals surface area contributed by atoms with Crippen LogP contribution in [0.4, 0.5) is 5.82 Å². The predicted molar refractivity (Wildman–Crippen MR) is 97.4 cm³/mol. The van der Waals surface area contributed by atoms with Crippen LogP contribution in [0.25, 0.3) is 5.69 Å². The molecule has 1 N–H and O–H groups in total. The number of rotatable bonds is 2. The third kappa shape index (κ3) is 2.70. The minimum absolute atomic E-state index is 0.0429. The molecule has 126 valence electrons. The van der Waals surface area contributed by atoms with E-state index in [1.165, 1.54) is 5.56 Å². The Kier molecular flexibility index (Phi) is 3.81. The molecule has 3 aromatic rings. The maximum absolute atomic E-state index is 12.4. The lowest BCUT2D eigenvalue weighted by molar-refractivity contribution is -0.116. The molecule has 0 radical (unpaired) electrons. The topological polar surface area (TPSA) is 59.8 Å². The van der Waals surface area contributed by atoms with Crippen LogP contribution in [0.3, 0.4) is 0 Å². The van der Waals surface area contributed by atoms with Gasteiger partial charge in [0.15, 0.2) is 0 Å². The van der Waals surface area contributed by atoms with Crippen molar-refractivity contribution in [1.29, 1.82) is 0 Å². The van der Waals surface area contributed by atoms with Crippen molar-refractivity contribution in [3.8, 4) is 5.69 Å². The number of amides is 1. The zero-order valence-corrected chi connectivity index (χ0v) is 14.7. The second kappa shape index (κ2) is 6.01. The van der Waals surface area contributed by atoms with E-state index in [9.17, 15) is 4.79 Å². The molecule has 0 bridgehead atoms. The largest absolute Gasteiger partial charge is 0.310 e. The number of nitrogens with one attached hydrogen (secondary N) is 1. The molecule has 3 heterocycles. The van der Waals surface area contributed by atoms with E-state index >= 15 is 0 Å². The minimum atomic E-state index is -0.126. The summed E-state index contributed by atoms with van der Waals surface area (Å²) in [5.41, 5.74) is 4.88. The summed E-state index contributed by atoms with van der Waals surface area (Å²) in [5, 5.41) is 8.23. The molecule has 2 aromatic heterocycles. The van der Waals surface area contributed by atoms with Crippen LogP contribution in [-0.4, -0.2) is 20.7 Å². The number of carbonyl (C=O) groups is 1. The fraction of sp³-hybridized carbons (Fsp3) is 0.211. The van der Waals surface area contributed by atoms with Crippen LogP contribution in [0.1, 0.15) is 34.7 Å². The van der Waals surface area contributed by atoms with Gasteiger partial charge in [-0.3, -0.25) is 9.78 Å². The zero-order valence-electron chi connectivity index (χ0n) is 14.0. The van der Waals surface area contributed by atoms with Crippen molar-refractivity contribution < 1.29 is 4.79 Å². The average molecular weight is 353 g/mol. The van der Waals surface area contributed by atoms with E-state index in [-0.39, 0.29) is 11.8 Å². The number of anilines is 1. The lowest BCUT2D eigenvalue weighted by Gasteiger charge is -2.25. The van der Waals surface area contributed by atoms with Crippen LogP contribution < -0.4 is 5.32 Å². The Morgan fingerprint density at radius 1 is 1.20 bits per heavy atom. The summed E-state index contributed by atoms with van der Waals surface area (Å²) in [6, 6.07) is 9.92. The second-order valence-corrected chi connectivity index (χ2v) is 6.70. The molecular weight excluding hydrogens is 336 g/mol. The normalized spacial score (nSPS) is 16.4. The maximum Gasteiger partial charge on any atom is 0.226 e. The summed E-state index contributed by atoms with van der Waals surface area (Å²) >= 11 is 6.34. The first-order valence-corrected chi connectivity index (χ1v) is 8.48. The van der Waals surface area contributed by atoms with Crippen LogP contribution >= 0.6 is 11.6 Å². The number of carbonyl (C=O) groups excluding carboxylic acids is 1. The van der Waals surface area contributed by atoms with Gasteiger partial charge in [-0.2, -0.15) is 5.10 Å². The van der Waals surface area contributed by atoms with Gasteiger partial charge in [-0.25, -0.2) is 4.68 Å². The van der Waals surface area contributed by atoms with Gasteiger partial charge in [0.25, 0.3) is 0 Å². The first-order chi connectivity index (χ1) is 12.0. The van der Waals surface area contributed by atoms with Gasteiger partial charge in [0.05, 0.1) is 16.4 Å². The number of benzene rings is 1. The predicted octanol–water partition coefficient (Wildman–Crippen LogP) is 4.01. The van der Waals surface area contributed by atoms with Crippen molar-refractivity contribution in [2.24, 2.45) is 0 Å². The van der Waals surface area contributed by atoms with Crippen molar-refractivity contribution >= 4 is 23.3 Å². The molecule has 5 nitrogen and oxygen atoms in total. The van der Waals surface area contributed by atoms with Crippen LogP contribution in [0.15, 0.2) is 42.7 Å². The Morgan fingerprint density at radius 2 is 1.96 bits per heavy atom. The molecule has 0 saturated carbocycles. The maximum atomic E-state index is 12.4. The molecule has 1 aliphatic rings. The molecule has 1 aliphatic heterocycles. The highest BCUT2D eigenvalue weighted by Crippen LogP contribution is 2.41. The summed E-state index contributed by atoms with van der Waals surface area (Å²) in [6.07, 6.45) is 3.66. The lowest BCUT2D eigenvalue weighted by atomic mass is 9.86. The third-order valence-corrected chi connectivity index (χ3v) is 4.88. The molecule has 0 fully saturated rings. The van der Waals surface area contributed by atoms with Gasteiger partial charge in [-0.05, 0) is 37.6 Å². The van der Waals surface area contributed by atoms with Crippen LogP contribution in [0.2, 0.25) is 5.02 Å². The SMILES string of the molecule is Cc1ccc(-n2nc(C)c3c2NC(=O)C[C@@H]3c2ccncc2Cl)cc1. The molecule has 0 unspecified atom stereocenters. The smallest absolute Gasteiger partial charge is 0.226 e. The van der Waals surface area contributed by atoms with Crippen LogP contribution in [-0.2, 0) is 4.79 Å². The molecule has 1 atom stereocenters. The van der Waals surface area contributed by atoms with Crippen molar-refractivity contribution in [1.82, 2.24) is 14.8 Å². The summed E-state index contributed by atoms with van der Waals surface area (Å²) in [6.45, 7) is 4.00. The summed E-state index contributed by atoms with van der Waals surface area (Å²) in [5.74, 6) is 0.549. The van der Waals surface area contributed by atoms with E-state index in [0.29, 0.717) is 11.4 Å². The fourth-order valence-corrected chi connectivity index (χ4v) is 3.61. The van der Waals surface area contributed by atoms with Crippen molar-refractivity contribution in [3.63, 3.8) is 0 Å². The van der Waals surface area contributed by atoms with Crippen molar-refractivity contribution in [2.45, 2.75) is 26.2 Å². The molecule has 6 heteroatoms. The molecule has 1 aromatic carbocycles. The molecule has 0 spiro atoms. The number of nitrogens with zero attached hydrogens (tertiary/aromatic N) is 3. The monoisotopic (exact) mass is 352 g/mol. The average Bonchev–Trinajstić information content (AvgIpc) is 2.92. The van der Waals surface area contributed by atoms with Gasteiger partial charge in [-0.1, -0.05) is 29.3 Å². The quantitative estimate of drug-likeness (QED) is 0.758. The van der Waals surface area contributed by atoms with E-state index in [4.69, 9.17) is 11.6 Å². The second-order valence-electron chi connectivity index (χ2n) is 6.30. The van der Waals surface area contributed by atoms with Gasteiger partial charge in [0, 0.05) is 30.3 Å². The Morgan fingerprint density at radius 3 is 2.68 bits per heavy atom. The van der Waals surface area contributed by atoms with E-state index in [2.05, 4.69) is 15.4 Å². The molecule has 0 saturated heterocycles. The fourth-order valence-electron chi connectivity index (χ4n) is 3.35.